The Hall–Kier alpha value is -3.53. The molecule has 186 valence electrons. The number of pyridine rings is 2. The number of ether oxygens (including phenoxy) is 1. The zero-order chi connectivity index (χ0) is 26.6. The highest BCUT2D eigenvalue weighted by Gasteiger charge is 2.39. The van der Waals surface area contributed by atoms with Crippen molar-refractivity contribution in [1.82, 2.24) is 15.0 Å². The Labute approximate surface area is 224 Å². The summed E-state index contributed by atoms with van der Waals surface area (Å²) in [5.74, 6) is 1.49. The number of carbonyl (C=O) groups is 1. The molecule has 9 nitrogen and oxygen atoms in total. The van der Waals surface area contributed by atoms with E-state index in [1.165, 1.54) is 0 Å². The van der Waals surface area contributed by atoms with Gasteiger partial charge in [0.2, 0.25) is 11.8 Å². The predicted octanol–water partition coefficient (Wildman–Crippen LogP) is 2.79. The predicted molar refractivity (Wildman–Crippen MR) is 150 cm³/mol. The lowest BCUT2D eigenvalue weighted by Crippen LogP contribution is -2.41. The lowest BCUT2D eigenvalue weighted by atomic mass is 9.49. The first kappa shape index (κ1) is 24.8. The molecule has 2 N–H and O–H groups in total. The number of aromatic nitrogens is 3. The van der Waals surface area contributed by atoms with Gasteiger partial charge in [-0.2, -0.15) is 0 Å². The van der Waals surface area contributed by atoms with Gasteiger partial charge in [-0.25, -0.2) is 15.0 Å². The molecule has 6 radical (unpaired) electrons. The second-order valence-corrected chi connectivity index (χ2v) is 10.3. The average Bonchev–Trinajstić information content (AvgIpc) is 3.45. The van der Waals surface area contributed by atoms with Gasteiger partial charge in [-0.05, 0) is 43.5 Å². The summed E-state index contributed by atoms with van der Waals surface area (Å²) >= 11 is 0. The summed E-state index contributed by atoms with van der Waals surface area (Å²) < 4.78 is 11.8. The molecule has 1 saturated carbocycles. The minimum absolute atomic E-state index is 0.00895. The molecule has 1 amide bonds. The summed E-state index contributed by atoms with van der Waals surface area (Å²) in [5, 5.41) is 5.30. The van der Waals surface area contributed by atoms with Gasteiger partial charge in [0.05, 0.1) is 41.8 Å². The van der Waals surface area contributed by atoms with Crippen molar-refractivity contribution in [3.8, 4) is 11.5 Å². The van der Waals surface area contributed by atoms with Crippen LogP contribution in [-0.4, -0.2) is 75.4 Å². The van der Waals surface area contributed by atoms with Crippen LogP contribution in [-0.2, 0) is 9.53 Å². The number of hydrogen-bond acceptors (Lipinski definition) is 8. The average molecular weight is 502 g/mol. The molecule has 38 heavy (non-hydrogen) atoms. The van der Waals surface area contributed by atoms with Crippen LogP contribution in [0, 0.1) is 11.8 Å². The van der Waals surface area contributed by atoms with Gasteiger partial charge in [-0.1, -0.05) is 12.2 Å². The summed E-state index contributed by atoms with van der Waals surface area (Å²) in [6, 6.07) is 7.73. The highest BCUT2D eigenvalue weighted by molar-refractivity contribution is 6.60. The highest BCUT2D eigenvalue weighted by Crippen LogP contribution is 2.39. The molecule has 4 aromatic rings. The molecule has 2 fully saturated rings. The second kappa shape index (κ2) is 9.34. The quantitative estimate of drug-likeness (QED) is 0.389. The van der Waals surface area contributed by atoms with E-state index in [-0.39, 0.29) is 17.9 Å². The molecule has 0 bridgehead atoms. The number of amides is 1. The number of nitrogens with one attached hydrogen (secondary N) is 2. The molecule has 4 heterocycles. The van der Waals surface area contributed by atoms with Crippen molar-refractivity contribution in [3.05, 3.63) is 36.7 Å². The lowest BCUT2D eigenvalue weighted by Gasteiger charge is -2.32. The van der Waals surface area contributed by atoms with Crippen LogP contribution in [0.25, 0.3) is 33.3 Å². The topological polar surface area (TPSA) is 105 Å². The Kier molecular flexibility index (Phi) is 6.09. The molecule has 3 aromatic heterocycles. The lowest BCUT2D eigenvalue weighted by molar-refractivity contribution is -0.117. The highest BCUT2D eigenvalue weighted by atomic mass is 16.5. The van der Waals surface area contributed by atoms with Crippen molar-refractivity contribution in [2.45, 2.75) is 31.6 Å². The number of nitrogens with zero attached hydrogens (tertiary/aromatic N) is 4. The monoisotopic (exact) mass is 502 g/mol. The van der Waals surface area contributed by atoms with E-state index in [9.17, 15) is 4.79 Å². The van der Waals surface area contributed by atoms with Gasteiger partial charge in [0.1, 0.15) is 17.2 Å². The number of carbonyl (C=O) groups excluding carboxylic acids is 1. The Morgan fingerprint density at radius 2 is 1.95 bits per heavy atom. The van der Waals surface area contributed by atoms with Gasteiger partial charge < -0.3 is 24.7 Å². The van der Waals surface area contributed by atoms with Gasteiger partial charge in [-0.15, -0.1) is 0 Å². The fraction of sp³-hybridized carbons (Fsp3) is 0.385. The Balaban J connectivity index is 1.40. The number of anilines is 3. The molecular formula is C26H25B3N6O3. The third kappa shape index (κ3) is 4.97. The summed E-state index contributed by atoms with van der Waals surface area (Å²) in [7, 11) is 17.3. The van der Waals surface area contributed by atoms with Crippen LogP contribution in [0.15, 0.2) is 41.1 Å². The Morgan fingerprint density at radius 3 is 2.68 bits per heavy atom. The fourth-order valence-electron chi connectivity index (χ4n) is 4.87. The van der Waals surface area contributed by atoms with Crippen LogP contribution in [0.3, 0.4) is 0 Å². The number of oxazole rings is 1. The van der Waals surface area contributed by atoms with Gasteiger partial charge in [0.15, 0.2) is 5.58 Å². The number of hydrogen-bond donors (Lipinski definition) is 2. The zero-order valence-corrected chi connectivity index (χ0v) is 21.3. The summed E-state index contributed by atoms with van der Waals surface area (Å²) in [6.45, 7) is 6.43. The molecule has 1 aromatic carbocycles. The van der Waals surface area contributed by atoms with Crippen molar-refractivity contribution >= 4 is 68.6 Å². The number of fused-ring (bicyclic) bond motifs is 2. The molecule has 12 heteroatoms. The maximum absolute atomic E-state index is 12.6. The van der Waals surface area contributed by atoms with Crippen molar-refractivity contribution in [2.24, 2.45) is 11.8 Å². The van der Waals surface area contributed by atoms with E-state index in [4.69, 9.17) is 37.7 Å². The molecule has 6 rings (SSSR count). The maximum Gasteiger partial charge on any atom is 0.229 e. The molecule has 1 saturated heterocycles. The summed E-state index contributed by atoms with van der Waals surface area (Å²) in [6.07, 6.45) is 4.24. The smallest absolute Gasteiger partial charge is 0.229 e. The minimum Gasteiger partial charge on any atom is -0.436 e. The van der Waals surface area contributed by atoms with E-state index < -0.39 is 5.24 Å². The molecule has 1 aliphatic heterocycles. The van der Waals surface area contributed by atoms with Crippen LogP contribution in [0.1, 0.15) is 20.3 Å². The molecule has 2 aliphatic rings. The molecule has 0 unspecified atom stereocenters. The van der Waals surface area contributed by atoms with Gasteiger partial charge in [0.25, 0.3) is 0 Å². The minimum atomic E-state index is -1.69. The first-order chi connectivity index (χ1) is 18.1. The SMILES string of the molecule is [B]C([B])([B])Nc1ncc(-c2nc3cc(N4CCO[C@H](C)C4)ccc3o2)c2cc(NC(=O)[C@H]3C[C@H]3C)ncc12. The fourth-order valence-corrected chi connectivity index (χ4v) is 4.87. The van der Waals surface area contributed by atoms with Gasteiger partial charge in [-0.3, -0.25) is 4.79 Å². The van der Waals surface area contributed by atoms with E-state index in [1.54, 1.807) is 18.5 Å². The number of benzene rings is 1. The summed E-state index contributed by atoms with van der Waals surface area (Å²) in [5.41, 5.74) is 3.05. The van der Waals surface area contributed by atoms with E-state index in [2.05, 4.69) is 39.3 Å². The molecular weight excluding hydrogens is 477 g/mol. The first-order valence-corrected chi connectivity index (χ1v) is 12.7. The van der Waals surface area contributed by atoms with E-state index >= 15 is 0 Å². The van der Waals surface area contributed by atoms with Crippen LogP contribution in [0.2, 0.25) is 0 Å². The largest absolute Gasteiger partial charge is 0.436 e. The molecule has 0 spiro atoms. The third-order valence-electron chi connectivity index (χ3n) is 7.01. The molecule has 3 atom stereocenters. The van der Waals surface area contributed by atoms with Crippen LogP contribution in [0.4, 0.5) is 17.3 Å². The summed E-state index contributed by atoms with van der Waals surface area (Å²) in [4.78, 5) is 28.5. The van der Waals surface area contributed by atoms with E-state index in [0.717, 1.165) is 30.7 Å². The normalized spacial score (nSPS) is 21.5. The first-order valence-electron chi connectivity index (χ1n) is 12.7. The number of rotatable bonds is 6. The van der Waals surface area contributed by atoms with Crippen LogP contribution < -0.4 is 15.5 Å². The number of morpholine rings is 1. The van der Waals surface area contributed by atoms with Crippen LogP contribution >= 0.6 is 0 Å². The van der Waals surface area contributed by atoms with Crippen molar-refractivity contribution < 1.29 is 13.9 Å². The third-order valence-corrected chi connectivity index (χ3v) is 7.01. The van der Waals surface area contributed by atoms with Crippen LogP contribution in [0.5, 0.6) is 0 Å². The van der Waals surface area contributed by atoms with E-state index in [1.807, 2.05) is 18.2 Å². The molecule has 1 aliphatic carbocycles. The van der Waals surface area contributed by atoms with E-state index in [0.29, 0.717) is 52.0 Å². The van der Waals surface area contributed by atoms with Crippen molar-refractivity contribution in [1.29, 1.82) is 0 Å². The van der Waals surface area contributed by atoms with Crippen molar-refractivity contribution in [3.63, 3.8) is 0 Å². The van der Waals surface area contributed by atoms with Crippen molar-refractivity contribution in [2.75, 3.05) is 35.2 Å². The standard InChI is InChI=1S/C26H25B3N6O3/c1-13-7-16(13)24(36)33-22-9-17-18(10-30-22)23(34-26(27,28)29)31-11-19(17)25-32-20-8-15(3-4-21(20)38-25)35-5-6-37-14(2)12-35/h3-4,8-11,13-14,16H,5-7,12H2,1-2H3,(H,31,34)(H,30,33,36)/t13-,14-,16+/m1/s1. The van der Waals surface area contributed by atoms with Gasteiger partial charge >= 0.3 is 0 Å². The van der Waals surface area contributed by atoms with Gasteiger partial charge in [0, 0.05) is 47.9 Å². The maximum atomic E-state index is 12.6. The zero-order valence-electron chi connectivity index (χ0n) is 21.3. The Morgan fingerprint density at radius 1 is 1.13 bits per heavy atom. The Bertz CT molecular complexity index is 1540. The second-order valence-electron chi connectivity index (χ2n) is 10.3.